The zero-order valence-corrected chi connectivity index (χ0v) is 14.0. The fraction of sp³-hybridized carbons (Fsp3) is 0.562. The molecule has 1 aliphatic heterocycles. The Labute approximate surface area is 134 Å². The van der Waals surface area contributed by atoms with Gasteiger partial charge in [0, 0.05) is 31.2 Å². The summed E-state index contributed by atoms with van der Waals surface area (Å²) in [6.07, 6.45) is -0.277. The number of carbonyl (C=O) groups excluding carboxylic acids is 1. The van der Waals surface area contributed by atoms with Crippen LogP contribution >= 0.6 is 0 Å². The summed E-state index contributed by atoms with van der Waals surface area (Å²) >= 11 is 0. The summed E-state index contributed by atoms with van der Waals surface area (Å²) in [7, 11) is 1.70. The van der Waals surface area contributed by atoms with E-state index in [2.05, 4.69) is 5.32 Å². The average Bonchev–Trinajstić information content (AvgIpc) is 2.41. The Morgan fingerprint density at radius 1 is 1.43 bits per heavy atom. The standard InChI is InChI=1S/C16H22FN3O3/c1-15(2,3)14-18-16(4,9-13(21)19(14)5)11-8-10(20(22)23)6-7-12(11)17/h6-8,14,18H,9H2,1-5H3/t14-,16?/m0/s1. The first-order valence-electron chi connectivity index (χ1n) is 7.43. The van der Waals surface area contributed by atoms with E-state index in [1.807, 2.05) is 20.8 Å². The Hall–Kier alpha value is -2.02. The van der Waals surface area contributed by atoms with Gasteiger partial charge in [0.25, 0.3) is 5.69 Å². The third-order valence-electron chi connectivity index (χ3n) is 4.32. The Balaban J connectivity index is 2.51. The molecule has 1 saturated heterocycles. The molecule has 0 spiro atoms. The molecule has 1 aromatic rings. The molecule has 0 aliphatic carbocycles. The molecular formula is C16H22FN3O3. The van der Waals surface area contributed by atoms with Gasteiger partial charge in [-0.05, 0) is 18.4 Å². The first-order valence-corrected chi connectivity index (χ1v) is 7.43. The van der Waals surface area contributed by atoms with Crippen molar-refractivity contribution in [2.75, 3.05) is 7.05 Å². The number of non-ortho nitro benzene ring substituents is 1. The number of carbonyl (C=O) groups is 1. The van der Waals surface area contributed by atoms with Gasteiger partial charge in [-0.2, -0.15) is 0 Å². The average molecular weight is 323 g/mol. The van der Waals surface area contributed by atoms with Crippen molar-refractivity contribution in [2.24, 2.45) is 5.41 Å². The number of rotatable bonds is 2. The van der Waals surface area contributed by atoms with E-state index in [1.165, 1.54) is 6.07 Å². The zero-order chi connectivity index (χ0) is 17.6. The van der Waals surface area contributed by atoms with Crippen molar-refractivity contribution in [3.05, 3.63) is 39.7 Å². The van der Waals surface area contributed by atoms with Gasteiger partial charge in [0.1, 0.15) is 5.82 Å². The van der Waals surface area contributed by atoms with Crippen LogP contribution in [0, 0.1) is 21.3 Å². The number of hydrogen-bond acceptors (Lipinski definition) is 4. The van der Waals surface area contributed by atoms with Gasteiger partial charge >= 0.3 is 0 Å². The molecule has 1 amide bonds. The number of nitrogens with one attached hydrogen (secondary N) is 1. The van der Waals surface area contributed by atoms with Crippen molar-refractivity contribution in [1.29, 1.82) is 0 Å². The molecule has 126 valence electrons. The van der Waals surface area contributed by atoms with E-state index in [0.29, 0.717) is 0 Å². The van der Waals surface area contributed by atoms with Gasteiger partial charge in [0.15, 0.2) is 0 Å². The van der Waals surface area contributed by atoms with Gasteiger partial charge in [0.2, 0.25) is 5.91 Å². The lowest BCUT2D eigenvalue weighted by Gasteiger charge is -2.49. The minimum absolute atomic E-state index is 0.0359. The number of amides is 1. The first-order chi connectivity index (χ1) is 10.5. The van der Waals surface area contributed by atoms with Crippen molar-refractivity contribution < 1.29 is 14.1 Å². The van der Waals surface area contributed by atoms with Crippen molar-refractivity contribution in [3.63, 3.8) is 0 Å². The summed E-state index contributed by atoms with van der Waals surface area (Å²) < 4.78 is 14.3. The summed E-state index contributed by atoms with van der Waals surface area (Å²) in [5.74, 6) is -0.687. The summed E-state index contributed by atoms with van der Waals surface area (Å²) in [6.45, 7) is 7.64. The number of benzene rings is 1. The van der Waals surface area contributed by atoms with E-state index in [4.69, 9.17) is 0 Å². The quantitative estimate of drug-likeness (QED) is 0.671. The van der Waals surface area contributed by atoms with Crippen molar-refractivity contribution in [1.82, 2.24) is 10.2 Å². The highest BCUT2D eigenvalue weighted by Gasteiger charge is 2.45. The third-order valence-corrected chi connectivity index (χ3v) is 4.32. The molecule has 7 heteroatoms. The summed E-state index contributed by atoms with van der Waals surface area (Å²) in [4.78, 5) is 24.4. The predicted molar refractivity (Wildman–Crippen MR) is 84.2 cm³/mol. The maximum atomic E-state index is 14.3. The molecule has 0 radical (unpaired) electrons. The van der Waals surface area contributed by atoms with Crippen LogP contribution in [0.5, 0.6) is 0 Å². The molecule has 2 atom stereocenters. The van der Waals surface area contributed by atoms with Gasteiger partial charge in [-0.25, -0.2) is 4.39 Å². The second-order valence-corrected chi connectivity index (χ2v) is 7.35. The van der Waals surface area contributed by atoms with Crippen LogP contribution in [-0.2, 0) is 10.3 Å². The number of halogens is 1. The maximum absolute atomic E-state index is 14.3. The minimum Gasteiger partial charge on any atom is -0.330 e. The largest absolute Gasteiger partial charge is 0.330 e. The van der Waals surface area contributed by atoms with Crippen LogP contribution in [0.4, 0.5) is 10.1 Å². The van der Waals surface area contributed by atoms with Crippen LogP contribution in [0.15, 0.2) is 18.2 Å². The SMILES string of the molecule is CN1C(=O)CC(C)(c2cc([N+](=O)[O-])ccc2F)N[C@@H]1C(C)(C)C. The molecule has 0 bridgehead atoms. The molecule has 1 aromatic carbocycles. The Kier molecular flexibility index (Phi) is 4.19. The highest BCUT2D eigenvalue weighted by atomic mass is 19.1. The van der Waals surface area contributed by atoms with Crippen LogP contribution < -0.4 is 5.32 Å². The molecule has 2 rings (SSSR count). The van der Waals surface area contributed by atoms with Crippen LogP contribution in [0.3, 0.4) is 0 Å². The molecule has 1 unspecified atom stereocenters. The predicted octanol–water partition coefficient (Wildman–Crippen LogP) is 2.77. The molecule has 1 N–H and O–H groups in total. The van der Waals surface area contributed by atoms with Crippen LogP contribution in [0.25, 0.3) is 0 Å². The van der Waals surface area contributed by atoms with Gasteiger partial charge in [-0.3, -0.25) is 20.2 Å². The molecular weight excluding hydrogens is 301 g/mol. The Morgan fingerprint density at radius 2 is 2.04 bits per heavy atom. The molecule has 1 heterocycles. The lowest BCUT2D eigenvalue weighted by Crippen LogP contribution is -2.65. The van der Waals surface area contributed by atoms with E-state index >= 15 is 0 Å². The van der Waals surface area contributed by atoms with Gasteiger partial charge in [-0.1, -0.05) is 20.8 Å². The first kappa shape index (κ1) is 17.3. The number of nitro benzene ring substituents is 1. The highest BCUT2D eigenvalue weighted by Crippen LogP contribution is 2.37. The monoisotopic (exact) mass is 323 g/mol. The van der Waals surface area contributed by atoms with Gasteiger partial charge in [0.05, 0.1) is 16.6 Å². The zero-order valence-electron chi connectivity index (χ0n) is 14.0. The normalized spacial score (nSPS) is 25.6. The van der Waals surface area contributed by atoms with Crippen molar-refractivity contribution in [3.8, 4) is 0 Å². The fourth-order valence-corrected chi connectivity index (χ4v) is 3.04. The van der Waals surface area contributed by atoms with E-state index in [0.717, 1.165) is 12.1 Å². The summed E-state index contributed by atoms with van der Waals surface area (Å²) in [5.41, 5.74) is -1.33. The highest BCUT2D eigenvalue weighted by molar-refractivity contribution is 5.79. The van der Waals surface area contributed by atoms with Crippen LogP contribution in [0.2, 0.25) is 0 Å². The van der Waals surface area contributed by atoms with Crippen molar-refractivity contribution in [2.45, 2.75) is 45.8 Å². The smallest absolute Gasteiger partial charge is 0.269 e. The van der Waals surface area contributed by atoms with E-state index < -0.39 is 16.3 Å². The molecule has 6 nitrogen and oxygen atoms in total. The molecule has 1 fully saturated rings. The third kappa shape index (κ3) is 3.19. The Bertz CT molecular complexity index is 656. The Morgan fingerprint density at radius 3 is 2.57 bits per heavy atom. The van der Waals surface area contributed by atoms with E-state index in [-0.39, 0.29) is 35.2 Å². The number of nitrogens with zero attached hydrogens (tertiary/aromatic N) is 2. The molecule has 0 aromatic heterocycles. The van der Waals surface area contributed by atoms with Crippen molar-refractivity contribution >= 4 is 11.6 Å². The summed E-state index contributed by atoms with van der Waals surface area (Å²) in [5, 5.41) is 14.3. The topological polar surface area (TPSA) is 75.5 Å². The lowest BCUT2D eigenvalue weighted by molar-refractivity contribution is -0.385. The molecule has 0 saturated carbocycles. The molecule has 1 aliphatic rings. The maximum Gasteiger partial charge on any atom is 0.269 e. The number of hydrogen-bond donors (Lipinski definition) is 1. The fourth-order valence-electron chi connectivity index (χ4n) is 3.04. The van der Waals surface area contributed by atoms with E-state index in [1.54, 1.807) is 18.9 Å². The second-order valence-electron chi connectivity index (χ2n) is 7.35. The summed E-state index contributed by atoms with van der Waals surface area (Å²) in [6, 6.07) is 3.41. The van der Waals surface area contributed by atoms with Gasteiger partial charge < -0.3 is 4.90 Å². The van der Waals surface area contributed by atoms with Gasteiger partial charge in [-0.15, -0.1) is 0 Å². The van der Waals surface area contributed by atoms with E-state index in [9.17, 15) is 19.3 Å². The molecule has 23 heavy (non-hydrogen) atoms. The van der Waals surface area contributed by atoms with Crippen LogP contribution in [-0.4, -0.2) is 28.9 Å². The van der Waals surface area contributed by atoms with Crippen LogP contribution in [0.1, 0.15) is 39.7 Å². The lowest BCUT2D eigenvalue weighted by atomic mass is 9.80. The minimum atomic E-state index is -1.00. The number of nitro groups is 1. The second kappa shape index (κ2) is 5.56.